The summed E-state index contributed by atoms with van der Waals surface area (Å²) < 4.78 is 0. The normalized spacial score (nSPS) is 18.0. The molecule has 0 bridgehead atoms. The maximum atomic E-state index is 11.8. The number of carbonyl (C=O) groups is 2. The van der Waals surface area contributed by atoms with Crippen LogP contribution in [0.4, 0.5) is 10.5 Å². The summed E-state index contributed by atoms with van der Waals surface area (Å²) in [6, 6.07) is 6.53. The monoisotopic (exact) mass is 262 g/mol. The summed E-state index contributed by atoms with van der Waals surface area (Å²) in [5.74, 6) is 0.0387. The molecular weight excluding hydrogens is 244 g/mol. The highest BCUT2D eigenvalue weighted by atomic mass is 16.2. The fraction of sp³-hybridized carbons (Fsp3) is 0.385. The van der Waals surface area contributed by atoms with E-state index in [1.807, 2.05) is 12.1 Å². The number of amides is 3. The first-order chi connectivity index (χ1) is 9.15. The summed E-state index contributed by atoms with van der Waals surface area (Å²) in [5, 5.41) is 8.52. The number of hydrogen-bond donors (Lipinski definition) is 4. The van der Waals surface area contributed by atoms with Crippen LogP contribution < -0.4 is 21.7 Å². The van der Waals surface area contributed by atoms with Crippen molar-refractivity contribution in [1.29, 1.82) is 0 Å². The van der Waals surface area contributed by atoms with Crippen molar-refractivity contribution in [3.05, 3.63) is 29.8 Å². The SMILES string of the molecule is NC(=O)Nc1ccc(CNC(=O)C2CCCN2)cc1. The molecule has 1 saturated heterocycles. The number of primary amides is 1. The minimum absolute atomic E-state index is 0.0387. The maximum Gasteiger partial charge on any atom is 0.316 e. The van der Waals surface area contributed by atoms with Crippen molar-refractivity contribution in [3.63, 3.8) is 0 Å². The number of carbonyl (C=O) groups excluding carboxylic acids is 2. The minimum Gasteiger partial charge on any atom is -0.351 e. The number of hydrogen-bond acceptors (Lipinski definition) is 3. The molecule has 102 valence electrons. The number of benzene rings is 1. The third kappa shape index (κ3) is 3.96. The first kappa shape index (κ1) is 13.4. The number of anilines is 1. The molecule has 1 aromatic rings. The molecule has 1 unspecified atom stereocenters. The Balaban J connectivity index is 1.82. The van der Waals surface area contributed by atoms with E-state index in [0.717, 1.165) is 24.9 Å². The van der Waals surface area contributed by atoms with Gasteiger partial charge in [-0.15, -0.1) is 0 Å². The molecule has 0 aromatic heterocycles. The Bertz CT molecular complexity index is 452. The summed E-state index contributed by atoms with van der Waals surface area (Å²) in [6.45, 7) is 1.39. The Morgan fingerprint density at radius 2 is 2.05 bits per heavy atom. The lowest BCUT2D eigenvalue weighted by atomic mass is 10.2. The zero-order chi connectivity index (χ0) is 13.7. The second-order valence-electron chi connectivity index (χ2n) is 4.55. The van der Waals surface area contributed by atoms with Crippen LogP contribution in [-0.4, -0.2) is 24.5 Å². The topological polar surface area (TPSA) is 96.2 Å². The molecule has 1 aromatic carbocycles. The molecule has 1 aliphatic rings. The van der Waals surface area contributed by atoms with Gasteiger partial charge in [-0.3, -0.25) is 4.79 Å². The van der Waals surface area contributed by atoms with Crippen LogP contribution in [0.3, 0.4) is 0 Å². The Hall–Kier alpha value is -2.08. The average Bonchev–Trinajstić information content (AvgIpc) is 2.91. The molecular formula is C13H18N4O2. The summed E-state index contributed by atoms with van der Waals surface area (Å²) in [4.78, 5) is 22.4. The summed E-state index contributed by atoms with van der Waals surface area (Å²) in [7, 11) is 0. The van der Waals surface area contributed by atoms with Gasteiger partial charge in [0.2, 0.25) is 5.91 Å². The van der Waals surface area contributed by atoms with Crippen LogP contribution in [0.25, 0.3) is 0 Å². The third-order valence-corrected chi connectivity index (χ3v) is 3.07. The van der Waals surface area contributed by atoms with Gasteiger partial charge in [-0.1, -0.05) is 12.1 Å². The largest absolute Gasteiger partial charge is 0.351 e. The molecule has 3 amide bonds. The maximum absolute atomic E-state index is 11.8. The van der Waals surface area contributed by atoms with Crippen molar-refractivity contribution in [2.24, 2.45) is 5.73 Å². The lowest BCUT2D eigenvalue weighted by molar-refractivity contribution is -0.122. The lowest BCUT2D eigenvalue weighted by Crippen LogP contribution is -2.39. The Kier molecular flexibility index (Phi) is 4.35. The lowest BCUT2D eigenvalue weighted by Gasteiger charge is -2.11. The summed E-state index contributed by atoms with van der Waals surface area (Å²) in [5.41, 5.74) is 6.63. The van der Waals surface area contributed by atoms with E-state index in [9.17, 15) is 9.59 Å². The molecule has 1 atom stereocenters. The highest BCUT2D eigenvalue weighted by Crippen LogP contribution is 2.10. The minimum atomic E-state index is -0.589. The third-order valence-electron chi connectivity index (χ3n) is 3.07. The van der Waals surface area contributed by atoms with Gasteiger partial charge in [-0.25, -0.2) is 4.79 Å². The molecule has 5 N–H and O–H groups in total. The molecule has 1 heterocycles. The number of rotatable bonds is 4. The number of nitrogens with two attached hydrogens (primary N) is 1. The van der Waals surface area contributed by atoms with E-state index in [1.165, 1.54) is 0 Å². The Morgan fingerprint density at radius 1 is 1.32 bits per heavy atom. The average molecular weight is 262 g/mol. The Morgan fingerprint density at radius 3 is 2.63 bits per heavy atom. The van der Waals surface area contributed by atoms with Crippen molar-refractivity contribution in [2.45, 2.75) is 25.4 Å². The van der Waals surface area contributed by atoms with Crippen LogP contribution in [0.15, 0.2) is 24.3 Å². The molecule has 6 heteroatoms. The van der Waals surface area contributed by atoms with Gasteiger partial charge in [0.05, 0.1) is 6.04 Å². The molecule has 2 rings (SSSR count). The van der Waals surface area contributed by atoms with Crippen molar-refractivity contribution < 1.29 is 9.59 Å². The van der Waals surface area contributed by atoms with Crippen LogP contribution in [0.1, 0.15) is 18.4 Å². The van der Waals surface area contributed by atoms with Gasteiger partial charge in [0.1, 0.15) is 0 Å². The summed E-state index contributed by atoms with van der Waals surface area (Å²) in [6.07, 6.45) is 1.94. The fourth-order valence-electron chi connectivity index (χ4n) is 2.07. The van der Waals surface area contributed by atoms with E-state index < -0.39 is 6.03 Å². The molecule has 0 aliphatic carbocycles. The van der Waals surface area contributed by atoms with Crippen LogP contribution in [0, 0.1) is 0 Å². The zero-order valence-electron chi connectivity index (χ0n) is 10.6. The standard InChI is InChI=1S/C13H18N4O2/c14-13(19)17-10-5-3-9(4-6-10)8-16-12(18)11-2-1-7-15-11/h3-6,11,15H,1-2,7-8H2,(H,16,18)(H3,14,17,19). The van der Waals surface area contributed by atoms with E-state index in [1.54, 1.807) is 12.1 Å². The second kappa shape index (κ2) is 6.19. The quantitative estimate of drug-likeness (QED) is 0.638. The fourth-order valence-corrected chi connectivity index (χ4v) is 2.07. The van der Waals surface area contributed by atoms with Gasteiger partial charge >= 0.3 is 6.03 Å². The van der Waals surface area contributed by atoms with Gasteiger partial charge in [0, 0.05) is 12.2 Å². The summed E-state index contributed by atoms with van der Waals surface area (Å²) >= 11 is 0. The Labute approximate surface area is 111 Å². The highest BCUT2D eigenvalue weighted by Gasteiger charge is 2.21. The van der Waals surface area contributed by atoms with Crippen molar-refractivity contribution in [2.75, 3.05) is 11.9 Å². The highest BCUT2D eigenvalue weighted by molar-refractivity contribution is 5.87. The van der Waals surface area contributed by atoms with Crippen molar-refractivity contribution in [1.82, 2.24) is 10.6 Å². The predicted molar refractivity (Wildman–Crippen MR) is 72.5 cm³/mol. The number of urea groups is 1. The molecule has 0 radical (unpaired) electrons. The molecule has 0 spiro atoms. The first-order valence-corrected chi connectivity index (χ1v) is 6.31. The van der Waals surface area contributed by atoms with Crippen LogP contribution in [0.2, 0.25) is 0 Å². The number of nitrogens with one attached hydrogen (secondary N) is 3. The molecule has 6 nitrogen and oxygen atoms in total. The van der Waals surface area contributed by atoms with Crippen LogP contribution in [0.5, 0.6) is 0 Å². The van der Waals surface area contributed by atoms with Gasteiger partial charge in [0.25, 0.3) is 0 Å². The van der Waals surface area contributed by atoms with E-state index in [4.69, 9.17) is 5.73 Å². The predicted octanol–water partition coefficient (Wildman–Crippen LogP) is 0.545. The van der Waals surface area contributed by atoms with Gasteiger partial charge in [-0.05, 0) is 37.1 Å². The van der Waals surface area contributed by atoms with Crippen molar-refractivity contribution in [3.8, 4) is 0 Å². The van der Waals surface area contributed by atoms with Crippen LogP contribution in [-0.2, 0) is 11.3 Å². The zero-order valence-corrected chi connectivity index (χ0v) is 10.6. The molecule has 0 saturated carbocycles. The molecule has 1 aliphatic heterocycles. The van der Waals surface area contributed by atoms with Gasteiger partial charge < -0.3 is 21.7 Å². The first-order valence-electron chi connectivity index (χ1n) is 6.31. The molecule has 1 fully saturated rings. The molecule has 19 heavy (non-hydrogen) atoms. The smallest absolute Gasteiger partial charge is 0.316 e. The van der Waals surface area contributed by atoms with E-state index in [-0.39, 0.29) is 11.9 Å². The van der Waals surface area contributed by atoms with E-state index >= 15 is 0 Å². The van der Waals surface area contributed by atoms with Gasteiger partial charge in [0.15, 0.2) is 0 Å². The van der Waals surface area contributed by atoms with E-state index in [0.29, 0.717) is 12.2 Å². The van der Waals surface area contributed by atoms with Crippen LogP contribution >= 0.6 is 0 Å². The van der Waals surface area contributed by atoms with Gasteiger partial charge in [-0.2, -0.15) is 0 Å². The second-order valence-corrected chi connectivity index (χ2v) is 4.55. The van der Waals surface area contributed by atoms with E-state index in [2.05, 4.69) is 16.0 Å². The van der Waals surface area contributed by atoms with Crippen molar-refractivity contribution >= 4 is 17.6 Å².